The van der Waals surface area contributed by atoms with Crippen LogP contribution in [-0.2, 0) is 11.8 Å². The number of nitrogens with zero attached hydrogens (tertiary/aromatic N) is 2. The third kappa shape index (κ3) is 4.83. The summed E-state index contributed by atoms with van der Waals surface area (Å²) in [5.41, 5.74) is 16.0. The summed E-state index contributed by atoms with van der Waals surface area (Å²) < 4.78 is 0. The zero-order valence-corrected chi connectivity index (χ0v) is 30.0. The maximum Gasteiger partial charge on any atom is 0.0580 e. The third-order valence-electron chi connectivity index (χ3n) is 11.8. The lowest BCUT2D eigenvalue weighted by Gasteiger charge is -2.43. The van der Waals surface area contributed by atoms with Crippen molar-refractivity contribution >= 4 is 40.0 Å². The molecule has 0 N–H and O–H groups in total. The predicted molar refractivity (Wildman–Crippen MR) is 214 cm³/mol. The van der Waals surface area contributed by atoms with Crippen molar-refractivity contribution in [3.05, 3.63) is 160 Å². The van der Waals surface area contributed by atoms with Crippen molar-refractivity contribution in [1.82, 2.24) is 0 Å². The predicted octanol–water partition coefficient (Wildman–Crippen LogP) is 12.5. The first-order valence-corrected chi connectivity index (χ1v) is 18.5. The molecule has 248 valence electrons. The van der Waals surface area contributed by atoms with Crippen LogP contribution in [0.5, 0.6) is 0 Å². The average Bonchev–Trinajstić information content (AvgIpc) is 3.35. The highest BCUT2D eigenvalue weighted by atomic mass is 15.2. The minimum atomic E-state index is -0.102. The summed E-state index contributed by atoms with van der Waals surface area (Å²) in [6.07, 6.45) is 18.5. The molecular weight excluding hydrogens is 605 g/mol. The Bertz CT molecular complexity index is 2310. The minimum Gasteiger partial charge on any atom is -0.338 e. The van der Waals surface area contributed by atoms with E-state index in [1.165, 1.54) is 78.0 Å². The number of rotatable bonds is 4. The fourth-order valence-corrected chi connectivity index (χ4v) is 9.11. The lowest BCUT2D eigenvalue weighted by Crippen LogP contribution is -2.44. The Balaban J connectivity index is 1.05. The topological polar surface area (TPSA) is 6.48 Å². The highest BCUT2D eigenvalue weighted by Crippen LogP contribution is 2.51. The molecule has 0 saturated heterocycles. The van der Waals surface area contributed by atoms with E-state index in [1.807, 2.05) is 0 Å². The van der Waals surface area contributed by atoms with E-state index in [-0.39, 0.29) is 11.0 Å². The molecule has 2 nitrogen and oxygen atoms in total. The molecule has 9 rings (SSSR count). The van der Waals surface area contributed by atoms with Gasteiger partial charge in [-0.2, -0.15) is 0 Å². The van der Waals surface area contributed by atoms with Gasteiger partial charge in [0.25, 0.3) is 0 Å². The van der Waals surface area contributed by atoms with Crippen molar-refractivity contribution in [3.63, 3.8) is 0 Å². The second kappa shape index (κ2) is 11.5. The lowest BCUT2D eigenvalue weighted by atomic mass is 9.81. The molecule has 0 amide bonds. The zero-order valence-electron chi connectivity index (χ0n) is 30.0. The van der Waals surface area contributed by atoms with Gasteiger partial charge in [0.05, 0.1) is 5.54 Å². The van der Waals surface area contributed by atoms with Gasteiger partial charge in [-0.3, -0.25) is 0 Å². The van der Waals surface area contributed by atoms with Crippen LogP contribution in [0.3, 0.4) is 0 Å². The van der Waals surface area contributed by atoms with Gasteiger partial charge in [-0.05, 0) is 127 Å². The van der Waals surface area contributed by atoms with Crippen LogP contribution in [0, 0.1) is 0 Å². The Hall–Kier alpha value is -5.08. The molecule has 0 saturated carbocycles. The van der Waals surface area contributed by atoms with E-state index in [1.54, 1.807) is 0 Å². The summed E-state index contributed by atoms with van der Waals surface area (Å²) >= 11 is 0. The molecule has 0 spiro atoms. The van der Waals surface area contributed by atoms with Crippen molar-refractivity contribution < 1.29 is 0 Å². The van der Waals surface area contributed by atoms with Crippen molar-refractivity contribution in [2.75, 3.05) is 9.80 Å². The first kappa shape index (κ1) is 30.9. The van der Waals surface area contributed by atoms with Gasteiger partial charge >= 0.3 is 0 Å². The smallest absolute Gasteiger partial charge is 0.0580 e. The Morgan fingerprint density at radius 3 is 2.32 bits per heavy atom. The summed E-state index contributed by atoms with van der Waals surface area (Å²) in [4.78, 5) is 5.11. The van der Waals surface area contributed by atoms with Crippen LogP contribution in [0.1, 0.15) is 81.7 Å². The van der Waals surface area contributed by atoms with Crippen LogP contribution in [0.2, 0.25) is 0 Å². The quantitative estimate of drug-likeness (QED) is 0.179. The Morgan fingerprint density at radius 2 is 1.46 bits per heavy atom. The number of hydrogen-bond donors (Lipinski definition) is 0. The molecule has 0 radical (unpaired) electrons. The average molecular weight is 651 g/mol. The van der Waals surface area contributed by atoms with Crippen LogP contribution in [0.25, 0.3) is 34.1 Å². The number of anilines is 3. The molecule has 5 aromatic carbocycles. The summed E-state index contributed by atoms with van der Waals surface area (Å²) in [6.45, 7) is 11.8. The molecule has 0 fully saturated rings. The van der Waals surface area contributed by atoms with Gasteiger partial charge in [0, 0.05) is 39.6 Å². The van der Waals surface area contributed by atoms with Crippen molar-refractivity contribution in [1.29, 1.82) is 0 Å². The number of benzene rings is 5. The molecule has 1 unspecified atom stereocenters. The van der Waals surface area contributed by atoms with Crippen LogP contribution >= 0.6 is 0 Å². The maximum absolute atomic E-state index is 2.56. The highest BCUT2D eigenvalue weighted by molar-refractivity contribution is 6.02. The number of fused-ring (bicyclic) bond motifs is 5. The van der Waals surface area contributed by atoms with Crippen molar-refractivity contribution in [3.8, 4) is 11.1 Å². The number of hydrogen-bond acceptors (Lipinski definition) is 2. The SMILES string of the molecule is CC1CCc2ccccc2N1c1ccc(/C=C/c2ccc3c(c2)C(C)(C)c2cc(N4C5=C(C=CC4(C)C)CCC=C5)ccc2-3)c2ccccc12. The first-order valence-electron chi connectivity index (χ1n) is 18.5. The van der Waals surface area contributed by atoms with Gasteiger partial charge in [-0.15, -0.1) is 0 Å². The van der Waals surface area contributed by atoms with E-state index >= 15 is 0 Å². The van der Waals surface area contributed by atoms with Crippen LogP contribution < -0.4 is 9.80 Å². The largest absolute Gasteiger partial charge is 0.338 e. The van der Waals surface area contributed by atoms with Gasteiger partial charge in [0.2, 0.25) is 0 Å². The van der Waals surface area contributed by atoms with Crippen molar-refractivity contribution in [2.45, 2.75) is 77.3 Å². The maximum atomic E-state index is 2.56. The molecule has 0 aromatic heterocycles. The fourth-order valence-electron chi connectivity index (χ4n) is 9.11. The van der Waals surface area contributed by atoms with Crippen LogP contribution in [-0.4, -0.2) is 11.6 Å². The zero-order chi connectivity index (χ0) is 34.2. The van der Waals surface area contributed by atoms with Crippen LogP contribution in [0.15, 0.2) is 133 Å². The molecule has 2 aliphatic heterocycles. The second-order valence-corrected chi connectivity index (χ2v) is 15.8. The molecule has 0 bridgehead atoms. The molecule has 50 heavy (non-hydrogen) atoms. The molecule has 5 aromatic rings. The summed E-state index contributed by atoms with van der Waals surface area (Å²) in [7, 11) is 0. The third-order valence-corrected chi connectivity index (χ3v) is 11.8. The molecule has 2 aliphatic carbocycles. The fraction of sp³-hybridized carbons (Fsp3) is 0.250. The summed E-state index contributed by atoms with van der Waals surface area (Å²) in [5, 5.41) is 2.60. The molecule has 2 heterocycles. The summed E-state index contributed by atoms with van der Waals surface area (Å²) in [6, 6.07) is 37.2. The number of para-hydroxylation sites is 1. The Labute approximate surface area is 297 Å². The second-order valence-electron chi connectivity index (χ2n) is 15.8. The highest BCUT2D eigenvalue weighted by Gasteiger charge is 2.38. The minimum absolute atomic E-state index is 0.0960. The summed E-state index contributed by atoms with van der Waals surface area (Å²) in [5.74, 6) is 0. The van der Waals surface area contributed by atoms with E-state index in [0.29, 0.717) is 6.04 Å². The Morgan fingerprint density at radius 1 is 0.700 bits per heavy atom. The first-order chi connectivity index (χ1) is 24.2. The normalized spacial score (nSPS) is 19.9. The van der Waals surface area contributed by atoms with E-state index in [9.17, 15) is 0 Å². The van der Waals surface area contributed by atoms with E-state index < -0.39 is 0 Å². The molecule has 2 heteroatoms. The van der Waals surface area contributed by atoms with Gasteiger partial charge in [0.1, 0.15) is 0 Å². The van der Waals surface area contributed by atoms with Gasteiger partial charge in [0.15, 0.2) is 0 Å². The van der Waals surface area contributed by atoms with Crippen LogP contribution in [0.4, 0.5) is 17.1 Å². The van der Waals surface area contributed by atoms with E-state index in [2.05, 4.69) is 178 Å². The molecular formula is C48H46N2. The van der Waals surface area contributed by atoms with Gasteiger partial charge < -0.3 is 9.80 Å². The lowest BCUT2D eigenvalue weighted by molar-refractivity contribution is 0.593. The van der Waals surface area contributed by atoms with Gasteiger partial charge in [-0.1, -0.05) is 117 Å². The molecule has 1 atom stereocenters. The van der Waals surface area contributed by atoms with Gasteiger partial charge in [-0.25, -0.2) is 0 Å². The number of allylic oxidation sites excluding steroid dienone is 4. The Kier molecular flexibility index (Phi) is 7.11. The van der Waals surface area contributed by atoms with E-state index in [4.69, 9.17) is 0 Å². The number of aryl methyl sites for hydroxylation is 1. The monoisotopic (exact) mass is 650 g/mol. The standard InChI is InChI=1S/C48H46N2/c1-32-18-21-35-12-6-10-16-44(35)49(32)46-27-23-34(38-14-8-9-15-41(38)46)22-19-33-20-25-39-40-26-24-37(31-43(40)48(4,5)42(39)30-33)50-45-17-11-7-13-36(45)28-29-47(50,2)3/h6,8-12,14-17,19-20,22-32H,7,13,18,21H2,1-5H3/b22-19+. The van der Waals surface area contributed by atoms with E-state index in [0.717, 1.165) is 25.7 Å². The van der Waals surface area contributed by atoms with Crippen molar-refractivity contribution in [2.24, 2.45) is 0 Å². The molecule has 4 aliphatic rings.